The summed E-state index contributed by atoms with van der Waals surface area (Å²) < 4.78 is 9.66. The number of carbonyl (C=O) groups excluding carboxylic acids is 1. The van der Waals surface area contributed by atoms with Crippen molar-refractivity contribution in [3.8, 4) is 0 Å². The van der Waals surface area contributed by atoms with Gasteiger partial charge in [0.15, 0.2) is 0 Å². The first-order valence-corrected chi connectivity index (χ1v) is 4.95. The zero-order valence-electron chi connectivity index (χ0n) is 9.21. The number of hydrogen-bond donors (Lipinski definition) is 1. The molecular weight excluding hydrogens is 184 g/mol. The van der Waals surface area contributed by atoms with E-state index in [2.05, 4.69) is 0 Å². The molecule has 0 rings (SSSR count). The molecule has 0 spiro atoms. The van der Waals surface area contributed by atoms with Gasteiger partial charge >= 0.3 is 5.97 Å². The van der Waals surface area contributed by atoms with Crippen LogP contribution in [-0.4, -0.2) is 37.0 Å². The summed E-state index contributed by atoms with van der Waals surface area (Å²) in [6, 6.07) is 0. The summed E-state index contributed by atoms with van der Waals surface area (Å²) in [4.78, 5) is 11.0. The van der Waals surface area contributed by atoms with E-state index in [1.165, 1.54) is 7.11 Å². The zero-order chi connectivity index (χ0) is 11.0. The predicted octanol–water partition coefficient (Wildman–Crippen LogP) is 1.12. The van der Waals surface area contributed by atoms with E-state index >= 15 is 0 Å². The molecule has 0 saturated heterocycles. The van der Waals surface area contributed by atoms with Crippen molar-refractivity contribution in [2.45, 2.75) is 38.7 Å². The number of hydrogen-bond acceptors (Lipinski definition) is 4. The van der Waals surface area contributed by atoms with Crippen molar-refractivity contribution >= 4 is 5.97 Å². The monoisotopic (exact) mass is 204 g/mol. The minimum absolute atomic E-state index is 0.238. The summed E-state index contributed by atoms with van der Waals surface area (Å²) in [6.45, 7) is 4.26. The van der Waals surface area contributed by atoms with Crippen LogP contribution < -0.4 is 0 Å². The van der Waals surface area contributed by atoms with Crippen molar-refractivity contribution in [1.29, 1.82) is 0 Å². The summed E-state index contributed by atoms with van der Waals surface area (Å²) in [5, 5.41) is 9.90. The minimum Gasteiger partial charge on any atom is -0.466 e. The molecule has 0 aromatic carbocycles. The van der Waals surface area contributed by atoms with E-state index in [1.807, 2.05) is 6.92 Å². The lowest BCUT2D eigenvalue weighted by molar-refractivity contribution is -0.145. The standard InChI is InChI=1S/C10H20O4/c1-4-10(12,8-13-3)7-6-9(11)14-5-2/h12H,4-8H2,1-3H3. The van der Waals surface area contributed by atoms with Gasteiger partial charge in [-0.05, 0) is 19.8 Å². The van der Waals surface area contributed by atoms with Crippen LogP contribution >= 0.6 is 0 Å². The lowest BCUT2D eigenvalue weighted by Gasteiger charge is -2.25. The van der Waals surface area contributed by atoms with Crippen LogP contribution in [0.1, 0.15) is 33.1 Å². The molecule has 0 heterocycles. The van der Waals surface area contributed by atoms with Crippen LogP contribution in [0.5, 0.6) is 0 Å². The van der Waals surface area contributed by atoms with Crippen LogP contribution in [-0.2, 0) is 14.3 Å². The van der Waals surface area contributed by atoms with Crippen LogP contribution in [0.4, 0.5) is 0 Å². The summed E-state index contributed by atoms with van der Waals surface area (Å²) in [6.07, 6.45) is 1.19. The van der Waals surface area contributed by atoms with Gasteiger partial charge in [0, 0.05) is 13.5 Å². The van der Waals surface area contributed by atoms with E-state index < -0.39 is 5.60 Å². The molecule has 1 unspecified atom stereocenters. The number of rotatable bonds is 7. The molecule has 0 fully saturated rings. The van der Waals surface area contributed by atoms with Crippen LogP contribution in [0.2, 0.25) is 0 Å². The van der Waals surface area contributed by atoms with Gasteiger partial charge in [-0.1, -0.05) is 6.92 Å². The Hall–Kier alpha value is -0.610. The largest absolute Gasteiger partial charge is 0.466 e. The molecule has 0 aliphatic heterocycles. The van der Waals surface area contributed by atoms with Crippen molar-refractivity contribution in [2.24, 2.45) is 0 Å². The van der Waals surface area contributed by atoms with E-state index in [4.69, 9.17) is 9.47 Å². The fraction of sp³-hybridized carbons (Fsp3) is 0.900. The molecule has 1 N–H and O–H groups in total. The maximum atomic E-state index is 11.0. The molecular formula is C10H20O4. The highest BCUT2D eigenvalue weighted by molar-refractivity contribution is 5.69. The quantitative estimate of drug-likeness (QED) is 0.631. The molecule has 0 aromatic rings. The molecule has 84 valence electrons. The highest BCUT2D eigenvalue weighted by Crippen LogP contribution is 2.17. The third kappa shape index (κ3) is 5.19. The fourth-order valence-electron chi connectivity index (χ4n) is 1.19. The highest BCUT2D eigenvalue weighted by atomic mass is 16.5. The zero-order valence-corrected chi connectivity index (χ0v) is 9.21. The van der Waals surface area contributed by atoms with Crippen molar-refractivity contribution in [1.82, 2.24) is 0 Å². The van der Waals surface area contributed by atoms with E-state index in [0.717, 1.165) is 0 Å². The molecule has 4 nitrogen and oxygen atoms in total. The average Bonchev–Trinajstić information content (AvgIpc) is 2.16. The molecule has 0 radical (unpaired) electrons. The summed E-state index contributed by atoms with van der Waals surface area (Å²) in [7, 11) is 1.53. The van der Waals surface area contributed by atoms with Crippen molar-refractivity contribution < 1.29 is 19.4 Å². The Balaban J connectivity index is 3.87. The van der Waals surface area contributed by atoms with Gasteiger partial charge in [0.25, 0.3) is 0 Å². The molecule has 0 bridgehead atoms. The van der Waals surface area contributed by atoms with E-state index in [0.29, 0.717) is 19.4 Å². The average molecular weight is 204 g/mol. The fourth-order valence-corrected chi connectivity index (χ4v) is 1.19. The van der Waals surface area contributed by atoms with Crippen molar-refractivity contribution in [3.05, 3.63) is 0 Å². The number of aliphatic hydroxyl groups is 1. The maximum Gasteiger partial charge on any atom is 0.305 e. The maximum absolute atomic E-state index is 11.0. The Morgan fingerprint density at radius 1 is 1.43 bits per heavy atom. The van der Waals surface area contributed by atoms with Gasteiger partial charge in [-0.15, -0.1) is 0 Å². The van der Waals surface area contributed by atoms with Gasteiger partial charge in [0.05, 0.1) is 18.8 Å². The second-order valence-corrected chi connectivity index (χ2v) is 3.32. The summed E-state index contributed by atoms with van der Waals surface area (Å²) >= 11 is 0. The highest BCUT2D eigenvalue weighted by Gasteiger charge is 2.25. The molecule has 0 aromatic heterocycles. The lowest BCUT2D eigenvalue weighted by Crippen LogP contribution is -2.34. The number of carbonyl (C=O) groups is 1. The van der Waals surface area contributed by atoms with Crippen LogP contribution in [0.25, 0.3) is 0 Å². The molecule has 1 atom stereocenters. The molecule has 0 aliphatic rings. The van der Waals surface area contributed by atoms with E-state index in [1.54, 1.807) is 6.92 Å². The third-order valence-electron chi connectivity index (χ3n) is 2.17. The Bertz CT molecular complexity index is 170. The first kappa shape index (κ1) is 13.4. The Labute approximate surface area is 85.2 Å². The van der Waals surface area contributed by atoms with E-state index in [9.17, 15) is 9.90 Å². The van der Waals surface area contributed by atoms with Gasteiger partial charge in [-0.3, -0.25) is 4.79 Å². The van der Waals surface area contributed by atoms with E-state index in [-0.39, 0.29) is 19.0 Å². The normalized spacial score (nSPS) is 14.9. The Morgan fingerprint density at radius 2 is 2.07 bits per heavy atom. The van der Waals surface area contributed by atoms with Gasteiger partial charge in [0.1, 0.15) is 0 Å². The third-order valence-corrected chi connectivity index (χ3v) is 2.17. The smallest absolute Gasteiger partial charge is 0.305 e. The van der Waals surface area contributed by atoms with Crippen LogP contribution in [0, 0.1) is 0 Å². The summed E-state index contributed by atoms with van der Waals surface area (Å²) in [5.41, 5.74) is -0.901. The second kappa shape index (κ2) is 6.79. The van der Waals surface area contributed by atoms with Gasteiger partial charge in [-0.25, -0.2) is 0 Å². The van der Waals surface area contributed by atoms with Gasteiger partial charge in [-0.2, -0.15) is 0 Å². The first-order chi connectivity index (χ1) is 6.58. The second-order valence-electron chi connectivity index (χ2n) is 3.32. The first-order valence-electron chi connectivity index (χ1n) is 4.95. The summed E-state index contributed by atoms with van der Waals surface area (Å²) in [5.74, 6) is -0.268. The minimum atomic E-state index is -0.901. The van der Waals surface area contributed by atoms with Gasteiger partial charge in [0.2, 0.25) is 0 Å². The molecule has 0 aliphatic carbocycles. The lowest BCUT2D eigenvalue weighted by atomic mass is 9.96. The molecule has 0 amide bonds. The number of ether oxygens (including phenoxy) is 2. The van der Waals surface area contributed by atoms with Gasteiger partial charge < -0.3 is 14.6 Å². The topological polar surface area (TPSA) is 55.8 Å². The molecule has 0 saturated carbocycles. The van der Waals surface area contributed by atoms with Crippen molar-refractivity contribution in [3.63, 3.8) is 0 Å². The van der Waals surface area contributed by atoms with Crippen LogP contribution in [0.15, 0.2) is 0 Å². The predicted molar refractivity (Wildman–Crippen MR) is 53.0 cm³/mol. The number of esters is 1. The van der Waals surface area contributed by atoms with Crippen molar-refractivity contribution in [2.75, 3.05) is 20.3 Å². The Kier molecular flexibility index (Phi) is 6.49. The SMILES string of the molecule is CCOC(=O)CCC(O)(CC)COC. The number of methoxy groups -OCH3 is 1. The van der Waals surface area contributed by atoms with Crippen LogP contribution in [0.3, 0.4) is 0 Å². The Morgan fingerprint density at radius 3 is 2.50 bits per heavy atom. The molecule has 14 heavy (non-hydrogen) atoms. The molecule has 4 heteroatoms.